The first kappa shape index (κ1) is 15.4. The highest BCUT2D eigenvalue weighted by Crippen LogP contribution is 2.14. The molecular formula is C14H22N2O3S. The summed E-state index contributed by atoms with van der Waals surface area (Å²) >= 11 is 0. The van der Waals surface area contributed by atoms with Crippen LogP contribution in [0, 0.1) is 6.92 Å². The van der Waals surface area contributed by atoms with Gasteiger partial charge in [-0.05, 0) is 26.3 Å². The molecule has 1 aliphatic rings. The van der Waals surface area contributed by atoms with E-state index >= 15 is 0 Å². The van der Waals surface area contributed by atoms with Gasteiger partial charge in [0.1, 0.15) is 0 Å². The molecule has 0 aromatic heterocycles. The Morgan fingerprint density at radius 3 is 2.30 bits per heavy atom. The SMILES string of the molecule is Cc1ccc(CNS(=O)(=O)N2C[C@@H](C)O[C@@H](C)C2)cc1. The van der Waals surface area contributed by atoms with Gasteiger partial charge in [-0.25, -0.2) is 0 Å². The van der Waals surface area contributed by atoms with Crippen molar-refractivity contribution in [2.45, 2.75) is 39.5 Å². The maximum absolute atomic E-state index is 12.3. The third-order valence-electron chi connectivity index (χ3n) is 3.31. The molecule has 1 heterocycles. The van der Waals surface area contributed by atoms with E-state index in [1.807, 2.05) is 45.0 Å². The fourth-order valence-corrected chi connectivity index (χ4v) is 3.64. The smallest absolute Gasteiger partial charge is 0.279 e. The number of hydrogen-bond acceptors (Lipinski definition) is 3. The number of rotatable bonds is 4. The number of morpholine rings is 1. The molecule has 2 rings (SSSR count). The van der Waals surface area contributed by atoms with E-state index in [4.69, 9.17) is 4.74 Å². The molecule has 0 spiro atoms. The topological polar surface area (TPSA) is 58.6 Å². The summed E-state index contributed by atoms with van der Waals surface area (Å²) in [6.07, 6.45) is -0.149. The Morgan fingerprint density at radius 2 is 1.75 bits per heavy atom. The van der Waals surface area contributed by atoms with Crippen molar-refractivity contribution >= 4 is 10.2 Å². The van der Waals surface area contributed by atoms with Crippen LogP contribution in [0.5, 0.6) is 0 Å². The Balaban J connectivity index is 1.98. The molecule has 1 fully saturated rings. The molecule has 112 valence electrons. The predicted molar refractivity (Wildman–Crippen MR) is 78.5 cm³/mol. The summed E-state index contributed by atoms with van der Waals surface area (Å²) in [4.78, 5) is 0. The fourth-order valence-electron chi connectivity index (χ4n) is 2.30. The number of ether oxygens (including phenoxy) is 1. The number of nitrogens with one attached hydrogen (secondary N) is 1. The lowest BCUT2D eigenvalue weighted by Gasteiger charge is -2.34. The molecule has 1 aliphatic heterocycles. The second-order valence-corrected chi connectivity index (χ2v) is 7.14. The Labute approximate surface area is 121 Å². The third kappa shape index (κ3) is 4.02. The first-order valence-electron chi connectivity index (χ1n) is 6.82. The Morgan fingerprint density at radius 1 is 1.20 bits per heavy atom. The zero-order valence-corrected chi connectivity index (χ0v) is 13.0. The molecule has 2 atom stereocenters. The van der Waals surface area contributed by atoms with Gasteiger partial charge in [0.25, 0.3) is 10.2 Å². The average Bonchev–Trinajstić information content (AvgIpc) is 2.37. The van der Waals surface area contributed by atoms with E-state index in [0.717, 1.165) is 11.1 Å². The van der Waals surface area contributed by atoms with E-state index in [9.17, 15) is 8.42 Å². The van der Waals surface area contributed by atoms with Gasteiger partial charge >= 0.3 is 0 Å². The minimum absolute atomic E-state index is 0.0744. The number of benzene rings is 1. The van der Waals surface area contributed by atoms with Crippen molar-refractivity contribution < 1.29 is 13.2 Å². The summed E-state index contributed by atoms with van der Waals surface area (Å²) < 4.78 is 34.2. The van der Waals surface area contributed by atoms with Crippen molar-refractivity contribution in [1.82, 2.24) is 9.03 Å². The maximum atomic E-state index is 12.3. The van der Waals surface area contributed by atoms with Gasteiger partial charge in [0, 0.05) is 19.6 Å². The molecule has 1 saturated heterocycles. The van der Waals surface area contributed by atoms with Crippen molar-refractivity contribution in [2.75, 3.05) is 13.1 Å². The molecule has 1 N–H and O–H groups in total. The van der Waals surface area contributed by atoms with Crippen molar-refractivity contribution in [1.29, 1.82) is 0 Å². The summed E-state index contributed by atoms with van der Waals surface area (Å²) in [7, 11) is -3.45. The van der Waals surface area contributed by atoms with Crippen LogP contribution < -0.4 is 4.72 Å². The van der Waals surface area contributed by atoms with Crippen molar-refractivity contribution in [3.05, 3.63) is 35.4 Å². The Hall–Kier alpha value is -0.950. The van der Waals surface area contributed by atoms with Crippen LogP contribution in [0.3, 0.4) is 0 Å². The summed E-state index contributed by atoms with van der Waals surface area (Å²) in [5, 5.41) is 0. The second kappa shape index (κ2) is 6.22. The van der Waals surface area contributed by atoms with Gasteiger partial charge in [-0.3, -0.25) is 0 Å². The van der Waals surface area contributed by atoms with Crippen molar-refractivity contribution in [3.8, 4) is 0 Å². The van der Waals surface area contributed by atoms with E-state index in [-0.39, 0.29) is 12.2 Å². The highest BCUT2D eigenvalue weighted by molar-refractivity contribution is 7.87. The van der Waals surface area contributed by atoms with Crippen LogP contribution in [0.25, 0.3) is 0 Å². The first-order valence-corrected chi connectivity index (χ1v) is 8.26. The van der Waals surface area contributed by atoms with Crippen LogP contribution in [0.2, 0.25) is 0 Å². The molecule has 5 nitrogen and oxygen atoms in total. The summed E-state index contributed by atoms with van der Waals surface area (Å²) in [5.74, 6) is 0. The largest absolute Gasteiger partial charge is 0.373 e. The Kier molecular flexibility index (Phi) is 4.80. The van der Waals surface area contributed by atoms with E-state index in [2.05, 4.69) is 4.72 Å². The van der Waals surface area contributed by atoms with Crippen LogP contribution in [-0.2, 0) is 21.5 Å². The third-order valence-corrected chi connectivity index (χ3v) is 4.79. The molecule has 0 radical (unpaired) electrons. The highest BCUT2D eigenvalue weighted by Gasteiger charge is 2.30. The standard InChI is InChI=1S/C14H22N2O3S/c1-11-4-6-14(7-5-11)8-15-20(17,18)16-9-12(2)19-13(3)10-16/h4-7,12-13,15H,8-10H2,1-3H3/t12-,13+. The van der Waals surface area contributed by atoms with E-state index in [0.29, 0.717) is 19.6 Å². The highest BCUT2D eigenvalue weighted by atomic mass is 32.2. The number of aryl methyl sites for hydroxylation is 1. The molecule has 0 amide bonds. The van der Waals surface area contributed by atoms with Gasteiger partial charge in [-0.2, -0.15) is 17.4 Å². The van der Waals surface area contributed by atoms with Crippen LogP contribution in [0.4, 0.5) is 0 Å². The molecular weight excluding hydrogens is 276 g/mol. The molecule has 0 bridgehead atoms. The zero-order valence-electron chi connectivity index (χ0n) is 12.2. The minimum atomic E-state index is -3.45. The van der Waals surface area contributed by atoms with Crippen molar-refractivity contribution in [3.63, 3.8) is 0 Å². The van der Waals surface area contributed by atoms with Crippen LogP contribution in [0.15, 0.2) is 24.3 Å². The summed E-state index contributed by atoms with van der Waals surface area (Å²) in [6.45, 7) is 6.88. The molecule has 0 saturated carbocycles. The molecule has 0 unspecified atom stereocenters. The summed E-state index contributed by atoms with van der Waals surface area (Å²) in [6, 6.07) is 7.82. The van der Waals surface area contributed by atoms with Crippen LogP contribution >= 0.6 is 0 Å². The minimum Gasteiger partial charge on any atom is -0.373 e. The zero-order chi connectivity index (χ0) is 14.8. The lowest BCUT2D eigenvalue weighted by Crippen LogP contribution is -2.51. The van der Waals surface area contributed by atoms with Gasteiger partial charge in [-0.1, -0.05) is 29.8 Å². The van der Waals surface area contributed by atoms with Gasteiger partial charge in [0.2, 0.25) is 0 Å². The van der Waals surface area contributed by atoms with Gasteiger partial charge < -0.3 is 4.74 Å². The number of hydrogen-bond donors (Lipinski definition) is 1. The molecule has 6 heteroatoms. The molecule has 1 aromatic carbocycles. The molecule has 20 heavy (non-hydrogen) atoms. The lowest BCUT2D eigenvalue weighted by atomic mass is 10.2. The van der Waals surface area contributed by atoms with E-state index in [1.165, 1.54) is 4.31 Å². The normalized spacial score (nSPS) is 24.8. The Bertz CT molecular complexity index is 532. The maximum Gasteiger partial charge on any atom is 0.279 e. The van der Waals surface area contributed by atoms with Crippen molar-refractivity contribution in [2.24, 2.45) is 0 Å². The van der Waals surface area contributed by atoms with E-state index < -0.39 is 10.2 Å². The average molecular weight is 298 g/mol. The van der Waals surface area contributed by atoms with Gasteiger partial charge in [-0.15, -0.1) is 0 Å². The van der Waals surface area contributed by atoms with Gasteiger partial charge in [0.05, 0.1) is 12.2 Å². The van der Waals surface area contributed by atoms with Gasteiger partial charge in [0.15, 0.2) is 0 Å². The quantitative estimate of drug-likeness (QED) is 0.915. The van der Waals surface area contributed by atoms with E-state index in [1.54, 1.807) is 0 Å². The fraction of sp³-hybridized carbons (Fsp3) is 0.571. The molecule has 1 aromatic rings. The monoisotopic (exact) mass is 298 g/mol. The first-order chi connectivity index (χ1) is 9.37. The van der Waals surface area contributed by atoms with Crippen LogP contribution in [-0.4, -0.2) is 38.0 Å². The second-order valence-electron chi connectivity index (χ2n) is 5.39. The molecule has 0 aliphatic carbocycles. The lowest BCUT2D eigenvalue weighted by molar-refractivity contribution is -0.0444. The number of nitrogens with zero attached hydrogens (tertiary/aromatic N) is 1. The predicted octanol–water partition coefficient (Wildman–Crippen LogP) is 1.44. The summed E-state index contributed by atoms with van der Waals surface area (Å²) in [5.41, 5.74) is 2.11. The van der Waals surface area contributed by atoms with Crippen LogP contribution in [0.1, 0.15) is 25.0 Å².